The number of benzene rings is 3. The fourth-order valence-electron chi connectivity index (χ4n) is 3.58. The van der Waals surface area contributed by atoms with Crippen molar-refractivity contribution in [3.63, 3.8) is 0 Å². The van der Waals surface area contributed by atoms with Crippen molar-refractivity contribution in [3.05, 3.63) is 101 Å². The Morgan fingerprint density at radius 2 is 1.61 bits per heavy atom. The van der Waals surface area contributed by atoms with Crippen molar-refractivity contribution in [1.29, 1.82) is 0 Å². The molecule has 1 aliphatic rings. The van der Waals surface area contributed by atoms with E-state index in [0.29, 0.717) is 18.5 Å². The number of aryl methyl sites for hydroxylation is 1. The van der Waals surface area contributed by atoms with Crippen molar-refractivity contribution in [3.8, 4) is 0 Å². The molecule has 0 saturated carbocycles. The lowest BCUT2D eigenvalue weighted by Gasteiger charge is -2.25. The molecule has 0 fully saturated rings. The van der Waals surface area contributed by atoms with Crippen LogP contribution >= 0.6 is 0 Å². The summed E-state index contributed by atoms with van der Waals surface area (Å²) in [5.41, 5.74) is 4.63. The number of hydrogen-bond donors (Lipinski definition) is 1. The summed E-state index contributed by atoms with van der Waals surface area (Å²) in [5.74, 6) is -0.290. The average molecular weight is 370 g/mol. The minimum Gasteiger partial charge on any atom is -0.350 e. The number of carbonyl (C=O) groups is 2. The highest BCUT2D eigenvalue weighted by atomic mass is 16.2. The number of para-hydroxylation sites is 1. The lowest BCUT2D eigenvalue weighted by molar-refractivity contribution is -0.122. The minimum absolute atomic E-state index is 0.138. The fourth-order valence-corrected chi connectivity index (χ4v) is 3.58. The van der Waals surface area contributed by atoms with Crippen molar-refractivity contribution in [1.82, 2.24) is 5.32 Å². The van der Waals surface area contributed by atoms with Crippen LogP contribution in [0.1, 0.15) is 27.0 Å². The van der Waals surface area contributed by atoms with Gasteiger partial charge in [0.2, 0.25) is 5.91 Å². The molecule has 0 bridgehead atoms. The topological polar surface area (TPSA) is 49.4 Å². The Bertz CT molecular complexity index is 997. The molecule has 4 rings (SSSR count). The Labute approximate surface area is 164 Å². The van der Waals surface area contributed by atoms with Gasteiger partial charge in [0.1, 0.15) is 6.04 Å². The number of hydrogen-bond acceptors (Lipinski definition) is 2. The summed E-state index contributed by atoms with van der Waals surface area (Å²) in [5, 5.41) is 3.00. The van der Waals surface area contributed by atoms with E-state index in [-0.39, 0.29) is 11.8 Å². The van der Waals surface area contributed by atoms with Gasteiger partial charge in [-0.15, -0.1) is 0 Å². The van der Waals surface area contributed by atoms with Crippen molar-refractivity contribution in [2.75, 3.05) is 4.90 Å². The summed E-state index contributed by atoms with van der Waals surface area (Å²) in [6.07, 6.45) is 0.522. The maximum Gasteiger partial charge on any atom is 0.259 e. The standard InChI is InChI=1S/C24H22N2O2/c1-17-11-13-18(14-12-17)16-25-23(27)22-15-20-9-5-6-10-21(20)26(22)24(28)19-7-3-2-4-8-19/h2-14,22H,15-16H2,1H3,(H,25,27). The van der Waals surface area contributed by atoms with Crippen LogP contribution in [0.25, 0.3) is 0 Å². The molecular weight excluding hydrogens is 348 g/mol. The van der Waals surface area contributed by atoms with Crippen LogP contribution in [0.5, 0.6) is 0 Å². The average Bonchev–Trinajstić information content (AvgIpc) is 3.13. The van der Waals surface area contributed by atoms with Crippen molar-refractivity contribution in [2.45, 2.75) is 25.9 Å². The highest BCUT2D eigenvalue weighted by Gasteiger charge is 2.38. The van der Waals surface area contributed by atoms with Crippen LogP contribution < -0.4 is 10.2 Å². The van der Waals surface area contributed by atoms with Crippen LogP contribution in [0, 0.1) is 6.92 Å². The SMILES string of the molecule is Cc1ccc(CNC(=O)C2Cc3ccccc3N2C(=O)c2ccccc2)cc1. The summed E-state index contributed by atoms with van der Waals surface area (Å²) in [6, 6.07) is 24.4. The Hall–Kier alpha value is -3.40. The third kappa shape index (κ3) is 3.54. The van der Waals surface area contributed by atoms with Gasteiger partial charge < -0.3 is 5.32 Å². The Kier molecular flexibility index (Phi) is 4.94. The second-order valence-electron chi connectivity index (χ2n) is 7.09. The first-order chi connectivity index (χ1) is 13.6. The smallest absolute Gasteiger partial charge is 0.259 e. The zero-order valence-corrected chi connectivity index (χ0v) is 15.8. The molecule has 0 spiro atoms. The molecule has 1 N–H and O–H groups in total. The second kappa shape index (κ2) is 7.69. The Balaban J connectivity index is 1.57. The molecule has 4 heteroatoms. The van der Waals surface area contributed by atoms with Gasteiger partial charge in [0.05, 0.1) is 0 Å². The van der Waals surface area contributed by atoms with Gasteiger partial charge >= 0.3 is 0 Å². The third-order valence-electron chi connectivity index (χ3n) is 5.11. The van der Waals surface area contributed by atoms with Crippen LogP contribution in [0.4, 0.5) is 5.69 Å². The van der Waals surface area contributed by atoms with Gasteiger partial charge in [-0.3, -0.25) is 14.5 Å². The second-order valence-corrected chi connectivity index (χ2v) is 7.09. The van der Waals surface area contributed by atoms with Crippen LogP contribution in [0.15, 0.2) is 78.9 Å². The van der Waals surface area contributed by atoms with Gasteiger partial charge in [-0.1, -0.05) is 66.2 Å². The predicted octanol–water partition coefficient (Wildman–Crippen LogP) is 3.88. The molecule has 0 radical (unpaired) electrons. The molecule has 1 atom stereocenters. The maximum absolute atomic E-state index is 13.2. The van der Waals surface area contributed by atoms with Gasteiger partial charge in [0, 0.05) is 24.2 Å². The number of nitrogens with one attached hydrogen (secondary N) is 1. The van der Waals surface area contributed by atoms with Crippen LogP contribution in [-0.4, -0.2) is 17.9 Å². The summed E-state index contributed by atoms with van der Waals surface area (Å²) >= 11 is 0. The maximum atomic E-state index is 13.2. The summed E-state index contributed by atoms with van der Waals surface area (Å²) in [7, 11) is 0. The first-order valence-electron chi connectivity index (χ1n) is 9.43. The minimum atomic E-state index is -0.546. The van der Waals surface area contributed by atoms with E-state index >= 15 is 0 Å². The van der Waals surface area contributed by atoms with Crippen molar-refractivity contribution in [2.24, 2.45) is 0 Å². The van der Waals surface area contributed by atoms with E-state index in [1.807, 2.05) is 73.7 Å². The molecule has 0 saturated heterocycles. The number of carbonyl (C=O) groups excluding carboxylic acids is 2. The van der Waals surface area contributed by atoms with Crippen LogP contribution in [-0.2, 0) is 17.8 Å². The highest BCUT2D eigenvalue weighted by Crippen LogP contribution is 2.33. The zero-order valence-electron chi connectivity index (χ0n) is 15.8. The van der Waals surface area contributed by atoms with Gasteiger partial charge in [-0.05, 0) is 36.2 Å². The molecule has 1 unspecified atom stereocenters. The number of fused-ring (bicyclic) bond motifs is 1. The number of rotatable bonds is 4. The molecule has 28 heavy (non-hydrogen) atoms. The first-order valence-corrected chi connectivity index (χ1v) is 9.43. The summed E-state index contributed by atoms with van der Waals surface area (Å²) in [6.45, 7) is 2.48. The van der Waals surface area contributed by atoms with Gasteiger partial charge in [0.25, 0.3) is 5.91 Å². The quantitative estimate of drug-likeness (QED) is 0.758. The van der Waals surface area contributed by atoms with E-state index in [9.17, 15) is 9.59 Å². The zero-order chi connectivity index (χ0) is 19.5. The van der Waals surface area contributed by atoms with Crippen molar-refractivity contribution < 1.29 is 9.59 Å². The van der Waals surface area contributed by atoms with Crippen molar-refractivity contribution >= 4 is 17.5 Å². The lowest BCUT2D eigenvalue weighted by Crippen LogP contribution is -2.48. The van der Waals surface area contributed by atoms with Gasteiger partial charge in [-0.25, -0.2) is 0 Å². The monoisotopic (exact) mass is 370 g/mol. The highest BCUT2D eigenvalue weighted by molar-refractivity contribution is 6.11. The molecule has 1 heterocycles. The molecule has 0 aliphatic carbocycles. The molecule has 3 aromatic rings. The molecular formula is C24H22N2O2. The van der Waals surface area contributed by atoms with E-state index in [2.05, 4.69) is 5.32 Å². The normalized spacial score (nSPS) is 15.2. The van der Waals surface area contributed by atoms with E-state index in [0.717, 1.165) is 16.8 Å². The molecule has 1 aliphatic heterocycles. The molecule has 2 amide bonds. The molecule has 4 nitrogen and oxygen atoms in total. The number of nitrogens with zero attached hydrogens (tertiary/aromatic N) is 1. The molecule has 140 valence electrons. The number of anilines is 1. The van der Waals surface area contributed by atoms with Gasteiger partial charge in [0.15, 0.2) is 0 Å². The molecule has 0 aromatic heterocycles. The Morgan fingerprint density at radius 3 is 2.36 bits per heavy atom. The fraction of sp³-hybridized carbons (Fsp3) is 0.167. The van der Waals surface area contributed by atoms with E-state index in [1.165, 1.54) is 5.56 Å². The first kappa shape index (κ1) is 18.0. The Morgan fingerprint density at radius 1 is 0.929 bits per heavy atom. The third-order valence-corrected chi connectivity index (χ3v) is 5.11. The van der Waals surface area contributed by atoms with Gasteiger partial charge in [-0.2, -0.15) is 0 Å². The predicted molar refractivity (Wildman–Crippen MR) is 110 cm³/mol. The van der Waals surface area contributed by atoms with E-state index < -0.39 is 6.04 Å². The number of amides is 2. The van der Waals surface area contributed by atoms with Crippen LogP contribution in [0.2, 0.25) is 0 Å². The summed E-state index contributed by atoms with van der Waals surface area (Å²) in [4.78, 5) is 27.8. The van der Waals surface area contributed by atoms with Crippen LogP contribution in [0.3, 0.4) is 0 Å². The van der Waals surface area contributed by atoms with E-state index in [1.54, 1.807) is 17.0 Å². The molecule has 3 aromatic carbocycles. The largest absolute Gasteiger partial charge is 0.350 e. The summed E-state index contributed by atoms with van der Waals surface area (Å²) < 4.78 is 0. The lowest BCUT2D eigenvalue weighted by atomic mass is 10.1. The van der Waals surface area contributed by atoms with E-state index in [4.69, 9.17) is 0 Å².